The highest BCUT2D eigenvalue weighted by atomic mass is 32.2. The molecule has 192 valence electrons. The van der Waals surface area contributed by atoms with Crippen molar-refractivity contribution in [3.05, 3.63) is 95.6 Å². The Morgan fingerprint density at radius 2 is 1.58 bits per heavy atom. The molecule has 0 N–H and O–H groups in total. The van der Waals surface area contributed by atoms with Crippen molar-refractivity contribution in [2.75, 3.05) is 6.54 Å². The normalized spacial score (nSPS) is 11.9. The zero-order valence-electron chi connectivity index (χ0n) is 20.0. The van der Waals surface area contributed by atoms with E-state index in [4.69, 9.17) is 4.18 Å². The van der Waals surface area contributed by atoms with E-state index in [0.29, 0.717) is 31.0 Å². The zero-order chi connectivity index (χ0) is 26.3. The second-order valence-electron chi connectivity index (χ2n) is 8.86. The number of carbonyl (C=O) groups excluding carboxylic acids is 1. The van der Waals surface area contributed by atoms with E-state index in [9.17, 15) is 26.4 Å². The molecule has 0 aliphatic rings. The lowest BCUT2D eigenvalue weighted by Crippen LogP contribution is -2.33. The summed E-state index contributed by atoms with van der Waals surface area (Å²) < 4.78 is 69.4. The van der Waals surface area contributed by atoms with Crippen LogP contribution in [-0.2, 0) is 34.1 Å². The summed E-state index contributed by atoms with van der Waals surface area (Å²) in [6, 6.07) is 19.3. The highest BCUT2D eigenvalue weighted by Gasteiger charge is 2.32. The minimum Gasteiger partial charge on any atom is -0.379 e. The molecule has 0 heterocycles. The van der Waals surface area contributed by atoms with E-state index in [1.54, 1.807) is 17.0 Å². The number of hydrogen-bond acceptors (Lipinski definition) is 4. The number of hydrogen-bond donors (Lipinski definition) is 0. The van der Waals surface area contributed by atoms with E-state index >= 15 is 0 Å². The highest BCUT2D eigenvalue weighted by molar-refractivity contribution is 7.87. The van der Waals surface area contributed by atoms with Gasteiger partial charge in [0.15, 0.2) is 0 Å². The van der Waals surface area contributed by atoms with Crippen LogP contribution < -0.4 is 4.18 Å². The Hall–Kier alpha value is -3.33. The first-order chi connectivity index (χ1) is 16.9. The van der Waals surface area contributed by atoms with Gasteiger partial charge in [-0.2, -0.15) is 21.6 Å². The van der Waals surface area contributed by atoms with Gasteiger partial charge in [0, 0.05) is 19.5 Å². The van der Waals surface area contributed by atoms with Crippen LogP contribution >= 0.6 is 0 Å². The van der Waals surface area contributed by atoms with Crippen LogP contribution in [0.25, 0.3) is 0 Å². The van der Waals surface area contributed by atoms with Crippen LogP contribution in [0, 0.1) is 5.92 Å². The average molecular weight is 520 g/mol. The number of nitrogens with zero attached hydrogens (tertiary/aromatic N) is 1. The molecule has 0 aliphatic heterocycles. The molecule has 0 spiro atoms. The van der Waals surface area contributed by atoms with E-state index in [2.05, 4.69) is 0 Å². The first-order valence-corrected chi connectivity index (χ1v) is 12.9. The third-order valence-corrected chi connectivity index (χ3v) is 6.58. The molecular formula is C27H28F3NO4S. The lowest BCUT2D eigenvalue weighted by Gasteiger charge is -2.25. The molecule has 0 atom stereocenters. The third kappa shape index (κ3) is 7.84. The van der Waals surface area contributed by atoms with Crippen LogP contribution in [-0.4, -0.2) is 25.8 Å². The lowest BCUT2D eigenvalue weighted by molar-refractivity contribution is -0.137. The molecule has 3 aromatic carbocycles. The molecular weight excluding hydrogens is 491 g/mol. The Kier molecular flexibility index (Phi) is 8.79. The van der Waals surface area contributed by atoms with Crippen LogP contribution in [0.2, 0.25) is 0 Å². The quantitative estimate of drug-likeness (QED) is 0.304. The van der Waals surface area contributed by atoms with E-state index in [1.807, 2.05) is 44.2 Å². The van der Waals surface area contributed by atoms with Gasteiger partial charge in [0.1, 0.15) is 10.6 Å². The second-order valence-corrected chi connectivity index (χ2v) is 10.4. The van der Waals surface area contributed by atoms with Gasteiger partial charge in [-0.05, 0) is 53.8 Å². The molecule has 36 heavy (non-hydrogen) atoms. The Morgan fingerprint density at radius 1 is 0.917 bits per heavy atom. The standard InChI is InChI=1S/C27H28F3NO4S/c1-20(2)18-31(26(32)15-14-21-8-4-3-5-9-21)19-22-10-6-12-24(16-22)35-36(33,34)25-13-7-11-23(17-25)27(28,29)30/h3-13,16-17,20H,14-15,18-19H2,1-2H3. The maximum Gasteiger partial charge on any atom is 0.416 e. The number of carbonyl (C=O) groups is 1. The Balaban J connectivity index is 1.74. The third-order valence-electron chi connectivity index (χ3n) is 5.34. The van der Waals surface area contributed by atoms with Crippen molar-refractivity contribution in [2.45, 2.75) is 44.3 Å². The summed E-state index contributed by atoms with van der Waals surface area (Å²) in [6.07, 6.45) is -3.75. The first kappa shape index (κ1) is 27.3. The molecule has 0 unspecified atom stereocenters. The number of amides is 1. The van der Waals surface area contributed by atoms with Crippen molar-refractivity contribution in [1.29, 1.82) is 0 Å². The van der Waals surface area contributed by atoms with Crippen LogP contribution in [0.3, 0.4) is 0 Å². The SMILES string of the molecule is CC(C)CN(Cc1cccc(OS(=O)(=O)c2cccc(C(F)(F)F)c2)c1)C(=O)CCc1ccccc1. The molecule has 1 amide bonds. The molecule has 3 rings (SSSR count). The van der Waals surface area contributed by atoms with Gasteiger partial charge in [-0.1, -0.05) is 62.4 Å². The van der Waals surface area contributed by atoms with E-state index < -0.39 is 26.8 Å². The average Bonchev–Trinajstić information content (AvgIpc) is 2.82. The number of benzene rings is 3. The van der Waals surface area contributed by atoms with Crippen molar-refractivity contribution in [2.24, 2.45) is 5.92 Å². The van der Waals surface area contributed by atoms with Gasteiger partial charge in [0.05, 0.1) is 5.56 Å². The molecule has 0 radical (unpaired) electrons. The molecule has 0 saturated carbocycles. The molecule has 0 aromatic heterocycles. The fraction of sp³-hybridized carbons (Fsp3) is 0.296. The smallest absolute Gasteiger partial charge is 0.379 e. The van der Waals surface area contributed by atoms with Crippen molar-refractivity contribution < 1.29 is 30.6 Å². The number of rotatable bonds is 10. The minimum absolute atomic E-state index is 0.0320. The molecule has 0 aliphatic carbocycles. The van der Waals surface area contributed by atoms with Crippen molar-refractivity contribution in [1.82, 2.24) is 4.90 Å². The monoisotopic (exact) mass is 519 g/mol. The van der Waals surface area contributed by atoms with Crippen molar-refractivity contribution >= 4 is 16.0 Å². The Morgan fingerprint density at radius 3 is 2.25 bits per heavy atom. The molecule has 3 aromatic rings. The summed E-state index contributed by atoms with van der Waals surface area (Å²) in [5.41, 5.74) is 0.616. The molecule has 5 nitrogen and oxygen atoms in total. The van der Waals surface area contributed by atoms with Crippen molar-refractivity contribution in [3.63, 3.8) is 0 Å². The van der Waals surface area contributed by atoms with Crippen LogP contribution in [0.15, 0.2) is 83.8 Å². The molecule has 0 fully saturated rings. The van der Waals surface area contributed by atoms with Crippen molar-refractivity contribution in [3.8, 4) is 5.75 Å². The Bertz CT molecular complexity index is 1280. The maximum atomic E-state index is 13.0. The van der Waals surface area contributed by atoms with Gasteiger partial charge in [0.2, 0.25) is 5.91 Å². The summed E-state index contributed by atoms with van der Waals surface area (Å²) in [5, 5.41) is 0. The summed E-state index contributed by atoms with van der Waals surface area (Å²) in [6.45, 7) is 4.76. The van der Waals surface area contributed by atoms with Crippen LogP contribution in [0.5, 0.6) is 5.75 Å². The van der Waals surface area contributed by atoms with Gasteiger partial charge in [-0.25, -0.2) is 0 Å². The predicted octanol–water partition coefficient (Wildman–Crippen LogP) is 6.09. The highest BCUT2D eigenvalue weighted by Crippen LogP contribution is 2.31. The second kappa shape index (κ2) is 11.6. The van der Waals surface area contributed by atoms with Crippen LogP contribution in [0.4, 0.5) is 13.2 Å². The minimum atomic E-state index is -4.68. The predicted molar refractivity (Wildman–Crippen MR) is 131 cm³/mol. The fourth-order valence-electron chi connectivity index (χ4n) is 3.67. The Labute approximate surface area is 209 Å². The van der Waals surface area contributed by atoms with E-state index in [-0.39, 0.29) is 24.1 Å². The van der Waals surface area contributed by atoms with Gasteiger partial charge >= 0.3 is 16.3 Å². The van der Waals surface area contributed by atoms with Crippen LogP contribution in [0.1, 0.15) is 37.0 Å². The lowest BCUT2D eigenvalue weighted by atomic mass is 10.1. The zero-order valence-corrected chi connectivity index (χ0v) is 20.9. The molecule has 0 bridgehead atoms. The molecule has 9 heteroatoms. The summed E-state index contributed by atoms with van der Waals surface area (Å²) >= 11 is 0. The van der Waals surface area contributed by atoms with Gasteiger partial charge < -0.3 is 9.08 Å². The van der Waals surface area contributed by atoms with Gasteiger partial charge in [-0.3, -0.25) is 4.79 Å². The van der Waals surface area contributed by atoms with E-state index in [0.717, 1.165) is 23.8 Å². The number of halogens is 3. The molecule has 0 saturated heterocycles. The maximum absolute atomic E-state index is 13.0. The first-order valence-electron chi connectivity index (χ1n) is 11.5. The fourth-order valence-corrected chi connectivity index (χ4v) is 4.64. The van der Waals surface area contributed by atoms with Gasteiger partial charge in [-0.15, -0.1) is 0 Å². The van der Waals surface area contributed by atoms with Gasteiger partial charge in [0.25, 0.3) is 0 Å². The largest absolute Gasteiger partial charge is 0.416 e. The summed E-state index contributed by atoms with van der Waals surface area (Å²) in [5.74, 6) is 0.132. The number of aryl methyl sites for hydroxylation is 1. The number of alkyl halides is 3. The summed E-state index contributed by atoms with van der Waals surface area (Å²) in [4.78, 5) is 14.1. The summed E-state index contributed by atoms with van der Waals surface area (Å²) in [7, 11) is -4.50. The topological polar surface area (TPSA) is 63.7 Å². The van der Waals surface area contributed by atoms with E-state index in [1.165, 1.54) is 12.1 Å².